The Bertz CT molecular complexity index is 1020. The van der Waals surface area contributed by atoms with Crippen molar-refractivity contribution in [2.45, 2.75) is 31.6 Å². The highest BCUT2D eigenvalue weighted by atomic mass is 19.4. The van der Waals surface area contributed by atoms with Crippen LogP contribution in [-0.4, -0.2) is 18.6 Å². The summed E-state index contributed by atoms with van der Waals surface area (Å²) in [5, 5.41) is -0.238. The summed E-state index contributed by atoms with van der Waals surface area (Å²) < 4.78 is 86.0. The van der Waals surface area contributed by atoms with Crippen LogP contribution in [0.15, 0.2) is 36.4 Å². The lowest BCUT2D eigenvalue weighted by atomic mass is 9.96. The number of alkyl halides is 6. The molecule has 162 valence electrons. The number of H-pyrrole nitrogens is 1. The van der Waals surface area contributed by atoms with Crippen molar-refractivity contribution >= 4 is 10.9 Å². The van der Waals surface area contributed by atoms with E-state index < -0.39 is 23.5 Å². The number of hydrogen-bond acceptors (Lipinski definition) is 2. The van der Waals surface area contributed by atoms with Gasteiger partial charge in [0.15, 0.2) is 0 Å². The number of aromatic nitrogens is 1. The maximum absolute atomic E-state index is 13.7. The van der Waals surface area contributed by atoms with Gasteiger partial charge in [0.1, 0.15) is 5.75 Å². The van der Waals surface area contributed by atoms with Crippen LogP contribution in [0.1, 0.15) is 29.5 Å². The molecule has 0 unspecified atom stereocenters. The third-order valence-corrected chi connectivity index (χ3v) is 4.89. The lowest BCUT2D eigenvalue weighted by Crippen LogP contribution is -2.11. The molecule has 2 aromatic carbocycles. The predicted octanol–water partition coefficient (Wildman–Crippen LogP) is 6.16. The second-order valence-electron chi connectivity index (χ2n) is 6.89. The number of nitrogens with two attached hydrogens (primary N) is 1. The largest absolute Gasteiger partial charge is 0.497 e. The van der Waals surface area contributed by atoms with E-state index in [1.54, 1.807) is 24.3 Å². The zero-order valence-corrected chi connectivity index (χ0v) is 16.0. The number of methoxy groups -OCH3 is 1. The molecule has 0 radical (unpaired) electrons. The Labute approximate surface area is 168 Å². The van der Waals surface area contributed by atoms with Gasteiger partial charge in [0.05, 0.1) is 18.2 Å². The second-order valence-corrected chi connectivity index (χ2v) is 6.89. The first kappa shape index (κ1) is 22.0. The van der Waals surface area contributed by atoms with Crippen LogP contribution in [0.4, 0.5) is 26.3 Å². The van der Waals surface area contributed by atoms with Crippen molar-refractivity contribution in [1.82, 2.24) is 4.98 Å². The maximum atomic E-state index is 13.7. The number of aromatic amines is 1. The molecule has 0 aliphatic carbocycles. The van der Waals surface area contributed by atoms with Crippen LogP contribution in [0.5, 0.6) is 5.75 Å². The first-order chi connectivity index (χ1) is 14.1. The number of ether oxygens (including phenoxy) is 1. The number of fused-ring (bicyclic) bond motifs is 1. The van der Waals surface area contributed by atoms with E-state index in [4.69, 9.17) is 10.5 Å². The summed E-state index contributed by atoms with van der Waals surface area (Å²) >= 11 is 0. The number of benzene rings is 2. The minimum absolute atomic E-state index is 0.181. The van der Waals surface area contributed by atoms with Gasteiger partial charge in [-0.1, -0.05) is 0 Å². The molecule has 30 heavy (non-hydrogen) atoms. The molecule has 0 aliphatic rings. The normalized spacial score (nSPS) is 12.5. The van der Waals surface area contributed by atoms with Gasteiger partial charge in [-0.15, -0.1) is 0 Å². The summed E-state index contributed by atoms with van der Waals surface area (Å²) in [7, 11) is 1.48. The Kier molecular flexibility index (Phi) is 6.03. The number of unbranched alkanes of at least 4 members (excludes halogenated alkanes) is 1. The lowest BCUT2D eigenvalue weighted by Gasteiger charge is -2.14. The molecular weight excluding hydrogens is 410 g/mol. The minimum Gasteiger partial charge on any atom is -0.497 e. The Hall–Kier alpha value is -2.68. The average molecular weight is 430 g/mol. The predicted molar refractivity (Wildman–Crippen MR) is 102 cm³/mol. The SMILES string of the molecule is COc1ccc(-c2[nH]c3cc(C(F)(F)F)cc(C(F)(F)F)c3c2CCCCN)cc1. The first-order valence-electron chi connectivity index (χ1n) is 9.23. The third-order valence-electron chi connectivity index (χ3n) is 4.89. The fourth-order valence-electron chi connectivity index (χ4n) is 3.49. The van der Waals surface area contributed by atoms with Crippen LogP contribution >= 0.6 is 0 Å². The Morgan fingerprint density at radius 3 is 2.13 bits per heavy atom. The Morgan fingerprint density at radius 2 is 1.60 bits per heavy atom. The quantitative estimate of drug-likeness (QED) is 0.363. The Morgan fingerprint density at radius 1 is 0.933 bits per heavy atom. The van der Waals surface area contributed by atoms with Gasteiger partial charge < -0.3 is 15.5 Å². The summed E-state index contributed by atoms with van der Waals surface area (Å²) in [6.45, 7) is 0.366. The van der Waals surface area contributed by atoms with Gasteiger partial charge in [-0.25, -0.2) is 0 Å². The summed E-state index contributed by atoms with van der Waals surface area (Å²) in [6, 6.07) is 7.47. The average Bonchev–Trinajstić information content (AvgIpc) is 3.04. The van der Waals surface area contributed by atoms with Crippen LogP contribution in [0, 0.1) is 0 Å². The van der Waals surface area contributed by atoms with Gasteiger partial charge in [0.2, 0.25) is 0 Å². The number of rotatable bonds is 6. The molecule has 0 amide bonds. The van der Waals surface area contributed by atoms with E-state index in [-0.39, 0.29) is 23.4 Å². The standard InChI is InChI=1S/C21H20F6N2O/c1-30-14-7-5-12(6-8-14)19-15(4-2-3-9-28)18-16(21(25,26)27)10-13(20(22,23)24)11-17(18)29-19/h5-8,10-11,29H,2-4,9,28H2,1H3. The van der Waals surface area contributed by atoms with Gasteiger partial charge in [-0.3, -0.25) is 0 Å². The molecule has 0 saturated heterocycles. The topological polar surface area (TPSA) is 51.0 Å². The van der Waals surface area contributed by atoms with E-state index in [0.29, 0.717) is 42.0 Å². The van der Waals surface area contributed by atoms with Gasteiger partial charge in [0.25, 0.3) is 0 Å². The minimum atomic E-state index is -4.94. The molecule has 0 saturated carbocycles. The van der Waals surface area contributed by atoms with E-state index in [0.717, 1.165) is 6.07 Å². The van der Waals surface area contributed by atoms with Crippen molar-refractivity contribution < 1.29 is 31.1 Å². The summed E-state index contributed by atoms with van der Waals surface area (Å²) in [6.07, 6.45) is -8.52. The lowest BCUT2D eigenvalue weighted by molar-refractivity contribution is -0.142. The van der Waals surface area contributed by atoms with Crippen molar-refractivity contribution in [3.8, 4) is 17.0 Å². The molecule has 0 fully saturated rings. The van der Waals surface area contributed by atoms with Gasteiger partial charge in [-0.2, -0.15) is 26.3 Å². The smallest absolute Gasteiger partial charge is 0.417 e. The van der Waals surface area contributed by atoms with Gasteiger partial charge >= 0.3 is 12.4 Å². The van der Waals surface area contributed by atoms with E-state index in [1.165, 1.54) is 7.11 Å². The summed E-state index contributed by atoms with van der Waals surface area (Å²) in [5.41, 5.74) is 3.88. The van der Waals surface area contributed by atoms with Crippen molar-refractivity contribution in [3.05, 3.63) is 53.1 Å². The van der Waals surface area contributed by atoms with Crippen molar-refractivity contribution in [1.29, 1.82) is 0 Å². The molecule has 1 aromatic heterocycles. The van der Waals surface area contributed by atoms with E-state index >= 15 is 0 Å². The maximum Gasteiger partial charge on any atom is 0.417 e. The van der Waals surface area contributed by atoms with Crippen LogP contribution < -0.4 is 10.5 Å². The Balaban J connectivity index is 2.30. The highest BCUT2D eigenvalue weighted by Gasteiger charge is 2.39. The number of nitrogens with one attached hydrogen (secondary N) is 1. The molecular formula is C21H20F6N2O. The molecule has 3 N–H and O–H groups in total. The van der Waals surface area contributed by atoms with Crippen molar-refractivity contribution in [2.75, 3.05) is 13.7 Å². The van der Waals surface area contributed by atoms with Crippen LogP contribution in [0.2, 0.25) is 0 Å². The fraction of sp³-hybridized carbons (Fsp3) is 0.333. The molecule has 9 heteroatoms. The van der Waals surface area contributed by atoms with Crippen molar-refractivity contribution in [2.24, 2.45) is 5.73 Å². The monoisotopic (exact) mass is 430 g/mol. The van der Waals surface area contributed by atoms with Crippen molar-refractivity contribution in [3.63, 3.8) is 0 Å². The number of hydrogen-bond donors (Lipinski definition) is 2. The van der Waals surface area contributed by atoms with Crippen LogP contribution in [0.3, 0.4) is 0 Å². The highest BCUT2D eigenvalue weighted by molar-refractivity contribution is 5.94. The first-order valence-corrected chi connectivity index (χ1v) is 9.23. The van der Waals surface area contributed by atoms with E-state index in [2.05, 4.69) is 4.98 Å². The van der Waals surface area contributed by atoms with E-state index in [9.17, 15) is 26.3 Å². The van der Waals surface area contributed by atoms with Crippen LogP contribution in [0.25, 0.3) is 22.2 Å². The zero-order chi connectivity index (χ0) is 22.1. The van der Waals surface area contributed by atoms with E-state index in [1.807, 2.05) is 0 Å². The molecule has 0 bridgehead atoms. The molecule has 0 atom stereocenters. The summed E-state index contributed by atoms with van der Waals surface area (Å²) in [4.78, 5) is 2.80. The zero-order valence-electron chi connectivity index (χ0n) is 16.0. The van der Waals surface area contributed by atoms with Gasteiger partial charge in [0, 0.05) is 16.6 Å². The molecule has 0 spiro atoms. The molecule has 3 rings (SSSR count). The molecule has 3 aromatic rings. The summed E-state index contributed by atoms with van der Waals surface area (Å²) in [5.74, 6) is 0.551. The number of halogens is 6. The number of aryl methyl sites for hydroxylation is 1. The molecule has 3 nitrogen and oxygen atoms in total. The second kappa shape index (κ2) is 8.22. The fourth-order valence-corrected chi connectivity index (χ4v) is 3.49. The molecule has 1 heterocycles. The third kappa shape index (κ3) is 4.40. The molecule has 0 aliphatic heterocycles. The highest BCUT2D eigenvalue weighted by Crippen LogP contribution is 2.44. The van der Waals surface area contributed by atoms with Crippen LogP contribution in [-0.2, 0) is 18.8 Å². The van der Waals surface area contributed by atoms with Gasteiger partial charge in [-0.05, 0) is 73.3 Å².